The summed E-state index contributed by atoms with van der Waals surface area (Å²) in [5.41, 5.74) is 5.89. The summed E-state index contributed by atoms with van der Waals surface area (Å²) < 4.78 is 2.58. The van der Waals surface area contributed by atoms with Crippen LogP contribution < -0.4 is 0 Å². The normalized spacial score (nSPS) is 37.6. The molecule has 2 nitrogen and oxygen atoms in total. The van der Waals surface area contributed by atoms with Gasteiger partial charge in [-0.2, -0.15) is 0 Å². The Kier molecular flexibility index (Phi) is 3.90. The molecule has 2 bridgehead atoms. The molecule has 2 aliphatic heterocycles. The van der Waals surface area contributed by atoms with Crippen LogP contribution in [-0.4, -0.2) is 14.8 Å². The Hall–Kier alpha value is -0.910. The van der Waals surface area contributed by atoms with E-state index in [9.17, 15) is 5.11 Å². The average Bonchev–Trinajstić information content (AvgIpc) is 3.38. The molecular formula is C24H28INO. The fraction of sp³-hybridized carbons (Fsp3) is 0.500. The first kappa shape index (κ1) is 18.1. The number of aliphatic hydroxyl groups is 1. The summed E-state index contributed by atoms with van der Waals surface area (Å²) in [6, 6.07) is 18.2. The Labute approximate surface area is 176 Å². The van der Waals surface area contributed by atoms with Gasteiger partial charge in [-0.15, -0.1) is 0 Å². The second-order valence-corrected chi connectivity index (χ2v) is 10.0. The second kappa shape index (κ2) is 5.80. The highest BCUT2D eigenvalue weighted by Gasteiger charge is 2.67. The largest absolute Gasteiger partial charge is 0.396 e. The Bertz CT molecular complexity index is 913. The third kappa shape index (κ3) is 1.99. The molecule has 1 fully saturated rings. The highest BCUT2D eigenvalue weighted by Crippen LogP contribution is 2.70. The first-order chi connectivity index (χ1) is 13.0. The Morgan fingerprint density at radius 2 is 1.59 bits per heavy atom. The fourth-order valence-corrected chi connectivity index (χ4v) is 7.92. The summed E-state index contributed by atoms with van der Waals surface area (Å²) >= 11 is 2.58. The molecule has 0 aromatic heterocycles. The van der Waals surface area contributed by atoms with Crippen molar-refractivity contribution in [2.24, 2.45) is 11.8 Å². The van der Waals surface area contributed by atoms with Gasteiger partial charge in [0.25, 0.3) is 0 Å². The van der Waals surface area contributed by atoms with Gasteiger partial charge in [0.2, 0.25) is 0 Å². The lowest BCUT2D eigenvalue weighted by Gasteiger charge is -2.48. The van der Waals surface area contributed by atoms with Crippen molar-refractivity contribution in [1.29, 1.82) is 0 Å². The molecule has 1 saturated carbocycles. The summed E-state index contributed by atoms with van der Waals surface area (Å²) in [5.74, 6) is 0.878. The van der Waals surface area contributed by atoms with E-state index in [1.54, 1.807) is 5.56 Å². The average molecular weight is 473 g/mol. The van der Waals surface area contributed by atoms with Gasteiger partial charge >= 0.3 is 0 Å². The molecule has 1 N–H and O–H groups in total. The van der Waals surface area contributed by atoms with Crippen LogP contribution in [0.1, 0.15) is 62.3 Å². The molecule has 3 heteroatoms. The molecule has 27 heavy (non-hydrogen) atoms. The van der Waals surface area contributed by atoms with Crippen molar-refractivity contribution in [2.75, 3.05) is 6.61 Å². The molecule has 0 unspecified atom stereocenters. The summed E-state index contributed by atoms with van der Waals surface area (Å²) in [4.78, 5) is 0. The summed E-state index contributed by atoms with van der Waals surface area (Å²) in [7, 11) is 0. The predicted octanol–water partition coefficient (Wildman–Crippen LogP) is 5.51. The highest BCUT2D eigenvalue weighted by atomic mass is 127. The van der Waals surface area contributed by atoms with Crippen molar-refractivity contribution < 1.29 is 5.11 Å². The van der Waals surface area contributed by atoms with E-state index in [0.717, 1.165) is 6.42 Å². The number of fused-ring (bicyclic) bond motifs is 9. The molecule has 0 amide bonds. The van der Waals surface area contributed by atoms with E-state index in [2.05, 4.69) is 95.3 Å². The van der Waals surface area contributed by atoms with Crippen LogP contribution in [0.3, 0.4) is 0 Å². The van der Waals surface area contributed by atoms with Crippen molar-refractivity contribution in [2.45, 2.75) is 56.5 Å². The number of nitrogens with zero attached hydrogens (tertiary/aromatic N) is 1. The third-order valence-corrected chi connectivity index (χ3v) is 9.98. The van der Waals surface area contributed by atoms with E-state index in [0.29, 0.717) is 11.3 Å². The van der Waals surface area contributed by atoms with Crippen LogP contribution in [0.15, 0.2) is 48.5 Å². The number of rotatable bonds is 3. The van der Waals surface area contributed by atoms with Gasteiger partial charge in [-0.05, 0) is 59.8 Å². The van der Waals surface area contributed by atoms with Crippen molar-refractivity contribution in [3.8, 4) is 0 Å². The van der Waals surface area contributed by atoms with Gasteiger partial charge in [-0.25, -0.2) is 3.11 Å². The molecule has 5 rings (SSSR count). The lowest BCUT2D eigenvalue weighted by molar-refractivity contribution is 0.0490. The molecule has 0 spiro atoms. The number of aliphatic hydroxyl groups excluding tert-OH is 1. The molecule has 2 aromatic carbocycles. The van der Waals surface area contributed by atoms with E-state index in [1.807, 2.05) is 0 Å². The second-order valence-electron chi connectivity index (χ2n) is 9.07. The SMILES string of the molecule is CC[C@@]12C[C@@H]1C[C@@]1([C@@H](C)CO)c3ccccc3[C@@](C)(c3ccccc32)N1I. The first-order valence-electron chi connectivity index (χ1n) is 10.2. The zero-order valence-electron chi connectivity index (χ0n) is 16.4. The lowest BCUT2D eigenvalue weighted by atomic mass is 9.73. The zero-order valence-corrected chi connectivity index (χ0v) is 18.5. The summed E-state index contributed by atoms with van der Waals surface area (Å²) in [6.45, 7) is 7.21. The Balaban J connectivity index is 1.88. The summed E-state index contributed by atoms with van der Waals surface area (Å²) in [5, 5.41) is 10.3. The number of benzene rings is 2. The minimum absolute atomic E-state index is 0.115. The van der Waals surface area contributed by atoms with Crippen molar-refractivity contribution in [3.05, 3.63) is 70.8 Å². The minimum Gasteiger partial charge on any atom is -0.396 e. The predicted molar refractivity (Wildman–Crippen MR) is 118 cm³/mol. The van der Waals surface area contributed by atoms with E-state index >= 15 is 0 Å². The van der Waals surface area contributed by atoms with Crippen LogP contribution in [0.4, 0.5) is 0 Å². The Morgan fingerprint density at radius 1 is 1.04 bits per heavy atom. The number of hydrogen-bond donors (Lipinski definition) is 1. The molecule has 1 aliphatic carbocycles. The molecular weight excluding hydrogens is 445 g/mol. The van der Waals surface area contributed by atoms with Gasteiger partial charge in [0.1, 0.15) is 0 Å². The fourth-order valence-electron chi connectivity index (χ4n) is 6.47. The van der Waals surface area contributed by atoms with Crippen LogP contribution in [-0.2, 0) is 16.5 Å². The van der Waals surface area contributed by atoms with E-state index in [4.69, 9.17) is 0 Å². The smallest absolute Gasteiger partial charge is 0.0792 e. The van der Waals surface area contributed by atoms with E-state index < -0.39 is 0 Å². The summed E-state index contributed by atoms with van der Waals surface area (Å²) in [6.07, 6.45) is 3.61. The molecule has 5 atom stereocenters. The van der Waals surface area contributed by atoms with Gasteiger partial charge in [0, 0.05) is 35.4 Å². The van der Waals surface area contributed by atoms with Crippen molar-refractivity contribution in [1.82, 2.24) is 3.11 Å². The highest BCUT2D eigenvalue weighted by molar-refractivity contribution is 14.1. The standard InChI is InChI=1S/C24H28INO/c1-4-23-13-17(23)14-24(16(2)15-27)21-12-8-6-10-19(21)22(3,26(24)25)18-9-5-7-11-20(18)23/h5-12,16-17,27H,4,13-15H2,1-3H3/t16-,17+,22+,23+,24+/m0/s1. The third-order valence-electron chi connectivity index (χ3n) is 8.16. The minimum atomic E-state index is -0.174. The van der Waals surface area contributed by atoms with Crippen LogP contribution in [0, 0.1) is 11.8 Å². The molecule has 0 radical (unpaired) electrons. The lowest BCUT2D eigenvalue weighted by Crippen LogP contribution is -2.51. The van der Waals surface area contributed by atoms with Crippen LogP contribution in [0.25, 0.3) is 0 Å². The van der Waals surface area contributed by atoms with Gasteiger partial charge in [0.05, 0.1) is 11.1 Å². The van der Waals surface area contributed by atoms with Crippen LogP contribution in [0.2, 0.25) is 0 Å². The van der Waals surface area contributed by atoms with Gasteiger partial charge in [0.15, 0.2) is 0 Å². The van der Waals surface area contributed by atoms with Crippen LogP contribution >= 0.6 is 22.9 Å². The first-order valence-corrected chi connectivity index (χ1v) is 11.2. The Morgan fingerprint density at radius 3 is 2.19 bits per heavy atom. The van der Waals surface area contributed by atoms with Gasteiger partial charge < -0.3 is 5.11 Å². The van der Waals surface area contributed by atoms with Gasteiger partial charge in [-0.1, -0.05) is 62.4 Å². The molecule has 2 aromatic rings. The topological polar surface area (TPSA) is 23.5 Å². The maximum atomic E-state index is 10.3. The van der Waals surface area contributed by atoms with E-state index in [1.165, 1.54) is 29.5 Å². The van der Waals surface area contributed by atoms with Crippen molar-refractivity contribution in [3.63, 3.8) is 0 Å². The number of halogens is 1. The van der Waals surface area contributed by atoms with Crippen LogP contribution in [0.5, 0.6) is 0 Å². The molecule has 142 valence electrons. The van der Waals surface area contributed by atoms with E-state index in [-0.39, 0.29) is 23.6 Å². The monoisotopic (exact) mass is 473 g/mol. The zero-order chi connectivity index (χ0) is 19.0. The number of hydrogen-bond acceptors (Lipinski definition) is 2. The molecule has 3 aliphatic rings. The van der Waals surface area contributed by atoms with Crippen molar-refractivity contribution >= 4 is 22.9 Å². The maximum Gasteiger partial charge on any atom is 0.0792 e. The van der Waals surface area contributed by atoms with Gasteiger partial charge in [-0.3, -0.25) is 0 Å². The quantitative estimate of drug-likeness (QED) is 0.470. The maximum absolute atomic E-state index is 10.3. The molecule has 0 saturated heterocycles. The molecule has 2 heterocycles.